The summed E-state index contributed by atoms with van der Waals surface area (Å²) in [5.74, 6) is -0.301. The number of fused-ring (bicyclic) bond motifs is 1. The highest BCUT2D eigenvalue weighted by molar-refractivity contribution is 7.89. The largest absolute Gasteiger partial charge is 0.489 e. The number of halogens is 1. The summed E-state index contributed by atoms with van der Waals surface area (Å²) in [7, 11) is -2.05. The molecule has 3 aromatic rings. The third-order valence-corrected chi connectivity index (χ3v) is 6.82. The Morgan fingerprint density at radius 1 is 1.29 bits per heavy atom. The molecule has 0 saturated heterocycles. The Morgan fingerprint density at radius 3 is 2.77 bits per heavy atom. The summed E-state index contributed by atoms with van der Waals surface area (Å²) in [6, 6.07) is 13.2. The second kappa shape index (κ2) is 8.78. The average Bonchev–Trinajstić information content (AvgIpc) is 3.30. The SMILES string of the molecule is Cn1cnc(S(=O)(=O)NCCOc2cc3c(cc2F)C[C@H](N)[C@@H]3Cc2ccccc2)c1. The lowest BCUT2D eigenvalue weighted by Gasteiger charge is -2.18. The van der Waals surface area contributed by atoms with Gasteiger partial charge in [-0.1, -0.05) is 30.3 Å². The van der Waals surface area contributed by atoms with E-state index in [1.807, 2.05) is 18.2 Å². The van der Waals surface area contributed by atoms with Crippen LogP contribution in [0.25, 0.3) is 0 Å². The Hall–Kier alpha value is -2.75. The summed E-state index contributed by atoms with van der Waals surface area (Å²) in [4.78, 5) is 3.83. The summed E-state index contributed by atoms with van der Waals surface area (Å²) in [6.45, 7) is -0.0282. The maximum atomic E-state index is 14.5. The molecule has 0 unspecified atom stereocenters. The first-order valence-electron chi connectivity index (χ1n) is 10.1. The maximum Gasteiger partial charge on any atom is 0.259 e. The Morgan fingerprint density at radius 2 is 2.06 bits per heavy atom. The van der Waals surface area contributed by atoms with Crippen LogP contribution in [-0.4, -0.2) is 37.2 Å². The highest BCUT2D eigenvalue weighted by Crippen LogP contribution is 2.38. The van der Waals surface area contributed by atoms with Gasteiger partial charge in [0.15, 0.2) is 16.6 Å². The number of nitrogens with zero attached hydrogens (tertiary/aromatic N) is 2. The number of rotatable bonds is 8. The molecule has 0 aliphatic heterocycles. The minimum absolute atomic E-state index is 0.0115. The van der Waals surface area contributed by atoms with Gasteiger partial charge >= 0.3 is 0 Å². The molecule has 1 heterocycles. The van der Waals surface area contributed by atoms with Gasteiger partial charge in [-0.15, -0.1) is 0 Å². The average molecular weight is 445 g/mol. The van der Waals surface area contributed by atoms with Gasteiger partial charge in [0.05, 0.1) is 6.33 Å². The lowest BCUT2D eigenvalue weighted by molar-refractivity contribution is 0.306. The molecule has 4 rings (SSSR count). The van der Waals surface area contributed by atoms with Crippen LogP contribution < -0.4 is 15.2 Å². The predicted molar refractivity (Wildman–Crippen MR) is 115 cm³/mol. The third-order valence-electron chi connectivity index (χ3n) is 5.47. The number of nitrogens with one attached hydrogen (secondary N) is 1. The van der Waals surface area contributed by atoms with Gasteiger partial charge in [-0.25, -0.2) is 22.5 Å². The third kappa shape index (κ3) is 4.79. The Balaban J connectivity index is 1.42. The van der Waals surface area contributed by atoms with E-state index >= 15 is 0 Å². The monoisotopic (exact) mass is 444 g/mol. The molecule has 2 atom stereocenters. The molecule has 0 spiro atoms. The first-order valence-corrected chi connectivity index (χ1v) is 11.5. The van der Waals surface area contributed by atoms with Crippen molar-refractivity contribution in [1.29, 1.82) is 0 Å². The molecular weight excluding hydrogens is 419 g/mol. The Kier molecular flexibility index (Phi) is 6.08. The van der Waals surface area contributed by atoms with Crippen molar-refractivity contribution in [3.8, 4) is 5.75 Å². The van der Waals surface area contributed by atoms with Crippen LogP contribution in [0.3, 0.4) is 0 Å². The molecule has 0 radical (unpaired) electrons. The highest BCUT2D eigenvalue weighted by Gasteiger charge is 2.31. The van der Waals surface area contributed by atoms with Gasteiger partial charge in [-0.3, -0.25) is 0 Å². The van der Waals surface area contributed by atoms with Crippen molar-refractivity contribution in [3.63, 3.8) is 0 Å². The molecule has 9 heteroatoms. The summed E-state index contributed by atoms with van der Waals surface area (Å²) < 4.78 is 48.5. The number of nitrogens with two attached hydrogens (primary N) is 1. The number of aryl methyl sites for hydroxylation is 1. The van der Waals surface area contributed by atoms with Crippen molar-refractivity contribution < 1.29 is 17.5 Å². The molecule has 0 amide bonds. The zero-order chi connectivity index (χ0) is 22.0. The minimum atomic E-state index is -3.74. The molecule has 0 saturated carbocycles. The number of benzene rings is 2. The second-order valence-corrected chi connectivity index (χ2v) is 9.48. The smallest absolute Gasteiger partial charge is 0.259 e. The molecule has 1 aliphatic rings. The maximum absolute atomic E-state index is 14.5. The van der Waals surface area contributed by atoms with E-state index in [0.29, 0.717) is 6.42 Å². The van der Waals surface area contributed by atoms with Gasteiger partial charge in [-0.2, -0.15) is 0 Å². The highest BCUT2D eigenvalue weighted by atomic mass is 32.2. The molecule has 3 N–H and O–H groups in total. The molecule has 2 aromatic carbocycles. The normalized spacial score (nSPS) is 18.2. The molecule has 0 bridgehead atoms. The van der Waals surface area contributed by atoms with Crippen LogP contribution in [0, 0.1) is 5.82 Å². The van der Waals surface area contributed by atoms with E-state index in [2.05, 4.69) is 21.8 Å². The Bertz CT molecular complexity index is 1160. The van der Waals surface area contributed by atoms with E-state index in [-0.39, 0.29) is 35.9 Å². The zero-order valence-electron chi connectivity index (χ0n) is 17.2. The molecular formula is C22H25FN4O3S. The summed E-state index contributed by atoms with van der Waals surface area (Å²) in [6.07, 6.45) is 4.19. The fraction of sp³-hybridized carbons (Fsp3) is 0.318. The molecule has 0 fully saturated rings. The number of sulfonamides is 1. The van der Waals surface area contributed by atoms with E-state index in [1.165, 1.54) is 24.2 Å². The number of hydrogen-bond acceptors (Lipinski definition) is 5. The van der Waals surface area contributed by atoms with Crippen LogP contribution in [0.2, 0.25) is 0 Å². The van der Waals surface area contributed by atoms with Crippen molar-refractivity contribution in [2.75, 3.05) is 13.2 Å². The van der Waals surface area contributed by atoms with Crippen LogP contribution >= 0.6 is 0 Å². The van der Waals surface area contributed by atoms with Crippen molar-refractivity contribution in [3.05, 3.63) is 77.5 Å². The summed E-state index contributed by atoms with van der Waals surface area (Å²) in [5.41, 5.74) is 9.41. The van der Waals surface area contributed by atoms with Gasteiger partial charge in [0.25, 0.3) is 10.0 Å². The molecule has 31 heavy (non-hydrogen) atoms. The Labute approximate surface area is 181 Å². The van der Waals surface area contributed by atoms with Gasteiger partial charge in [0.1, 0.15) is 6.61 Å². The summed E-state index contributed by atoms with van der Waals surface area (Å²) in [5, 5.41) is -0.0727. The van der Waals surface area contributed by atoms with E-state index in [9.17, 15) is 12.8 Å². The summed E-state index contributed by atoms with van der Waals surface area (Å²) >= 11 is 0. The molecule has 7 nitrogen and oxygen atoms in total. The molecule has 1 aliphatic carbocycles. The first-order chi connectivity index (χ1) is 14.8. The number of ether oxygens (including phenoxy) is 1. The quantitative estimate of drug-likeness (QED) is 0.519. The molecule has 1 aromatic heterocycles. The molecule has 164 valence electrons. The van der Waals surface area contributed by atoms with Crippen LogP contribution in [-0.2, 0) is 29.9 Å². The fourth-order valence-electron chi connectivity index (χ4n) is 3.94. The number of imidazole rings is 1. The van der Waals surface area contributed by atoms with Crippen molar-refractivity contribution in [2.45, 2.75) is 29.8 Å². The van der Waals surface area contributed by atoms with Crippen molar-refractivity contribution in [1.82, 2.24) is 14.3 Å². The van der Waals surface area contributed by atoms with Crippen LogP contribution in [0.15, 0.2) is 60.0 Å². The van der Waals surface area contributed by atoms with Crippen LogP contribution in [0.5, 0.6) is 5.75 Å². The number of hydrogen-bond donors (Lipinski definition) is 2. The predicted octanol–water partition coefficient (Wildman–Crippen LogP) is 2.13. The second-order valence-electron chi connectivity index (χ2n) is 7.77. The van der Waals surface area contributed by atoms with E-state index in [1.54, 1.807) is 17.7 Å². The van der Waals surface area contributed by atoms with Crippen molar-refractivity contribution in [2.24, 2.45) is 12.8 Å². The van der Waals surface area contributed by atoms with Gasteiger partial charge in [-0.05, 0) is 41.7 Å². The first kappa shape index (κ1) is 21.5. The van der Waals surface area contributed by atoms with E-state index < -0.39 is 15.8 Å². The standard InChI is InChI=1S/C22H25FN4O3S/c1-27-13-22(25-14-27)31(28,29)26-7-8-30-21-12-17-16(10-19(21)23)11-20(24)18(17)9-15-5-3-2-4-6-15/h2-6,10,12-14,18,20,26H,7-9,11,24H2,1H3/t18-,20+/m1/s1. The lowest BCUT2D eigenvalue weighted by Crippen LogP contribution is -2.28. The minimum Gasteiger partial charge on any atom is -0.489 e. The number of aromatic nitrogens is 2. The van der Waals surface area contributed by atoms with Gasteiger partial charge in [0.2, 0.25) is 0 Å². The van der Waals surface area contributed by atoms with E-state index in [4.69, 9.17) is 10.5 Å². The van der Waals surface area contributed by atoms with Crippen LogP contribution in [0.4, 0.5) is 4.39 Å². The van der Waals surface area contributed by atoms with Gasteiger partial charge < -0.3 is 15.0 Å². The van der Waals surface area contributed by atoms with Crippen LogP contribution in [0.1, 0.15) is 22.6 Å². The van der Waals surface area contributed by atoms with Gasteiger partial charge in [0, 0.05) is 31.7 Å². The van der Waals surface area contributed by atoms with Crippen molar-refractivity contribution >= 4 is 10.0 Å². The fourth-order valence-corrected chi connectivity index (χ4v) is 4.93. The topological polar surface area (TPSA) is 99.2 Å². The van der Waals surface area contributed by atoms with E-state index in [0.717, 1.165) is 17.5 Å². The lowest BCUT2D eigenvalue weighted by atomic mass is 9.91. The zero-order valence-corrected chi connectivity index (χ0v) is 18.0.